The molecule has 1 fully saturated rings. The lowest BCUT2D eigenvalue weighted by atomic mass is 10.1. The molecule has 0 radical (unpaired) electrons. The van der Waals surface area contributed by atoms with Crippen LogP contribution >= 0.6 is 0 Å². The van der Waals surface area contributed by atoms with E-state index in [1.807, 2.05) is 17.0 Å². The highest BCUT2D eigenvalue weighted by Gasteiger charge is 2.32. The van der Waals surface area contributed by atoms with Gasteiger partial charge in [0.1, 0.15) is 12.1 Å². The first kappa shape index (κ1) is 21.4. The maximum Gasteiger partial charge on any atom is 0.416 e. The van der Waals surface area contributed by atoms with Crippen molar-refractivity contribution in [1.29, 1.82) is 0 Å². The highest BCUT2D eigenvalue weighted by atomic mass is 19.4. The Labute approximate surface area is 189 Å². The molecule has 9 heteroatoms. The zero-order chi connectivity index (χ0) is 23.2. The molecule has 0 N–H and O–H groups in total. The summed E-state index contributed by atoms with van der Waals surface area (Å²) in [7, 11) is 3.22. The minimum atomic E-state index is -4.35. The normalized spacial score (nSPS) is 15.3. The number of fused-ring (bicyclic) bond motifs is 3. The van der Waals surface area contributed by atoms with E-state index in [1.165, 1.54) is 12.1 Å². The van der Waals surface area contributed by atoms with Crippen molar-refractivity contribution in [3.63, 3.8) is 0 Å². The molecule has 1 aliphatic heterocycles. The first-order chi connectivity index (χ1) is 15.9. The number of aromatic nitrogens is 2. The van der Waals surface area contributed by atoms with E-state index in [0.29, 0.717) is 49.8 Å². The fraction of sp³-hybridized carbons (Fsp3) is 0.333. The molecule has 0 atom stereocenters. The Morgan fingerprint density at radius 3 is 2.27 bits per heavy atom. The number of piperazine rings is 1. The quantitative estimate of drug-likeness (QED) is 0.454. The Kier molecular flexibility index (Phi) is 5.26. The van der Waals surface area contributed by atoms with Gasteiger partial charge in [0, 0.05) is 49.4 Å². The lowest BCUT2D eigenvalue weighted by molar-refractivity contribution is -0.137. The van der Waals surface area contributed by atoms with Gasteiger partial charge in [-0.15, -0.1) is 0 Å². The van der Waals surface area contributed by atoms with Gasteiger partial charge in [0.05, 0.1) is 25.5 Å². The number of ether oxygens (including phenoxy) is 2. The third-order valence-electron chi connectivity index (χ3n) is 6.27. The number of nitrogens with zero attached hydrogens (tertiary/aromatic N) is 4. The zero-order valence-electron chi connectivity index (χ0n) is 18.3. The monoisotopic (exact) mass is 456 g/mol. The number of methoxy groups -OCH3 is 2. The van der Waals surface area contributed by atoms with Crippen LogP contribution in [0.5, 0.6) is 11.5 Å². The fourth-order valence-corrected chi connectivity index (χ4v) is 4.60. The van der Waals surface area contributed by atoms with E-state index in [4.69, 9.17) is 9.47 Å². The Balaban J connectivity index is 1.37. The largest absolute Gasteiger partial charge is 0.493 e. The van der Waals surface area contributed by atoms with E-state index in [-0.39, 0.29) is 0 Å². The molecule has 1 saturated heterocycles. The number of rotatable bonds is 4. The van der Waals surface area contributed by atoms with Crippen molar-refractivity contribution in [1.82, 2.24) is 9.97 Å². The second-order valence-corrected chi connectivity index (χ2v) is 8.09. The molecule has 2 aliphatic rings. The number of hydrogen-bond acceptors (Lipinski definition) is 6. The van der Waals surface area contributed by atoms with Crippen LogP contribution in [-0.2, 0) is 12.6 Å². The smallest absolute Gasteiger partial charge is 0.416 e. The third kappa shape index (κ3) is 3.81. The molecule has 5 rings (SSSR count). The van der Waals surface area contributed by atoms with E-state index in [1.54, 1.807) is 26.6 Å². The number of hydrogen-bond donors (Lipinski definition) is 0. The first-order valence-electron chi connectivity index (χ1n) is 10.7. The van der Waals surface area contributed by atoms with Gasteiger partial charge in [-0.25, -0.2) is 9.97 Å². The summed E-state index contributed by atoms with van der Waals surface area (Å²) in [6.07, 6.45) is -2.09. The number of anilines is 2. The van der Waals surface area contributed by atoms with Gasteiger partial charge >= 0.3 is 6.18 Å². The summed E-state index contributed by atoms with van der Waals surface area (Å²) in [5.74, 6) is 2.20. The van der Waals surface area contributed by atoms with Crippen molar-refractivity contribution in [3.8, 4) is 22.8 Å². The summed E-state index contributed by atoms with van der Waals surface area (Å²) >= 11 is 0. The van der Waals surface area contributed by atoms with Crippen LogP contribution in [-0.4, -0.2) is 50.4 Å². The summed E-state index contributed by atoms with van der Waals surface area (Å²) in [5, 5.41) is 0. The van der Waals surface area contributed by atoms with Gasteiger partial charge in [-0.05, 0) is 35.9 Å². The van der Waals surface area contributed by atoms with Crippen molar-refractivity contribution in [2.24, 2.45) is 0 Å². The molecule has 3 aromatic rings. The van der Waals surface area contributed by atoms with Crippen molar-refractivity contribution in [2.75, 3.05) is 50.2 Å². The fourth-order valence-electron chi connectivity index (χ4n) is 4.60. The molecular formula is C24H23F3N4O2. The molecular weight excluding hydrogens is 433 g/mol. The van der Waals surface area contributed by atoms with Gasteiger partial charge in [-0.2, -0.15) is 13.2 Å². The summed E-state index contributed by atoms with van der Waals surface area (Å²) in [6, 6.07) is 9.43. The van der Waals surface area contributed by atoms with Crippen LogP contribution in [0, 0.1) is 0 Å². The van der Waals surface area contributed by atoms with Crippen molar-refractivity contribution < 1.29 is 22.6 Å². The van der Waals surface area contributed by atoms with Gasteiger partial charge < -0.3 is 19.3 Å². The molecule has 2 aromatic carbocycles. The molecule has 33 heavy (non-hydrogen) atoms. The lowest BCUT2D eigenvalue weighted by Gasteiger charge is -2.37. The molecule has 0 amide bonds. The summed E-state index contributed by atoms with van der Waals surface area (Å²) in [5.41, 5.74) is 4.01. The average Bonchev–Trinajstić information content (AvgIpc) is 3.20. The third-order valence-corrected chi connectivity index (χ3v) is 6.27. The minimum Gasteiger partial charge on any atom is -0.493 e. The Hall–Kier alpha value is -3.49. The van der Waals surface area contributed by atoms with Gasteiger partial charge in [0.15, 0.2) is 11.5 Å². The summed E-state index contributed by atoms with van der Waals surface area (Å²) in [6.45, 7) is 2.52. The highest BCUT2D eigenvalue weighted by Crippen LogP contribution is 2.44. The van der Waals surface area contributed by atoms with Crippen LogP contribution < -0.4 is 19.3 Å². The lowest BCUT2D eigenvalue weighted by Crippen LogP contribution is -2.47. The minimum absolute atomic E-state index is 0.587. The topological polar surface area (TPSA) is 50.7 Å². The predicted molar refractivity (Wildman–Crippen MR) is 119 cm³/mol. The van der Waals surface area contributed by atoms with E-state index >= 15 is 0 Å². The van der Waals surface area contributed by atoms with Gasteiger partial charge in [-0.1, -0.05) is 6.07 Å². The van der Waals surface area contributed by atoms with Crippen LogP contribution in [0.1, 0.15) is 16.7 Å². The Bertz CT molecular complexity index is 1190. The highest BCUT2D eigenvalue weighted by molar-refractivity contribution is 5.80. The molecule has 2 heterocycles. The zero-order valence-corrected chi connectivity index (χ0v) is 18.3. The van der Waals surface area contributed by atoms with Crippen molar-refractivity contribution in [3.05, 3.63) is 59.4 Å². The molecule has 1 aromatic heterocycles. The van der Waals surface area contributed by atoms with E-state index < -0.39 is 11.7 Å². The molecule has 1 aliphatic carbocycles. The molecule has 0 saturated carbocycles. The average molecular weight is 456 g/mol. The van der Waals surface area contributed by atoms with E-state index in [0.717, 1.165) is 34.3 Å². The van der Waals surface area contributed by atoms with E-state index in [2.05, 4.69) is 14.9 Å². The van der Waals surface area contributed by atoms with Gasteiger partial charge in [0.2, 0.25) is 0 Å². The van der Waals surface area contributed by atoms with Crippen molar-refractivity contribution >= 4 is 11.5 Å². The molecule has 172 valence electrons. The summed E-state index contributed by atoms with van der Waals surface area (Å²) in [4.78, 5) is 13.3. The van der Waals surface area contributed by atoms with Gasteiger partial charge in [0.25, 0.3) is 0 Å². The van der Waals surface area contributed by atoms with E-state index in [9.17, 15) is 13.2 Å². The number of alkyl halides is 3. The predicted octanol–water partition coefficient (Wildman–Crippen LogP) is 4.41. The van der Waals surface area contributed by atoms with Crippen molar-refractivity contribution in [2.45, 2.75) is 12.6 Å². The maximum atomic E-state index is 13.1. The second-order valence-electron chi connectivity index (χ2n) is 8.09. The Morgan fingerprint density at radius 2 is 1.58 bits per heavy atom. The first-order valence-corrected chi connectivity index (χ1v) is 10.7. The molecule has 0 bridgehead atoms. The standard InChI is InChI=1S/C24H23F3N4O2/c1-32-20-11-15-10-19-22(18(15)13-21(20)33-2)28-14-29-23(19)31-8-6-30(7-9-31)17-5-3-4-16(12-17)24(25,26)27/h3-5,11-14H,6-10H2,1-2H3. The number of halogens is 3. The van der Waals surface area contributed by atoms with Crippen LogP contribution in [0.2, 0.25) is 0 Å². The van der Waals surface area contributed by atoms with Crippen LogP contribution in [0.25, 0.3) is 11.3 Å². The SMILES string of the molecule is COc1cc2c(cc1OC)-c1ncnc(N3CCN(c4cccc(C(F)(F)F)c4)CC3)c1C2. The maximum absolute atomic E-state index is 13.1. The molecule has 0 unspecified atom stereocenters. The molecule has 6 nitrogen and oxygen atoms in total. The van der Waals surface area contributed by atoms with Crippen LogP contribution in [0.3, 0.4) is 0 Å². The number of benzene rings is 2. The Morgan fingerprint density at radius 1 is 0.879 bits per heavy atom. The summed E-state index contributed by atoms with van der Waals surface area (Å²) < 4.78 is 50.2. The van der Waals surface area contributed by atoms with Gasteiger partial charge in [-0.3, -0.25) is 0 Å². The molecule has 0 spiro atoms. The van der Waals surface area contributed by atoms with Crippen LogP contribution in [0.15, 0.2) is 42.7 Å². The second kappa shape index (κ2) is 8.13. The van der Waals surface area contributed by atoms with Crippen LogP contribution in [0.4, 0.5) is 24.7 Å².